The lowest BCUT2D eigenvalue weighted by Crippen LogP contribution is -2.24. The Kier molecular flexibility index (Phi) is 4.27. The summed E-state index contributed by atoms with van der Waals surface area (Å²) in [6.07, 6.45) is 1.13. The first-order valence-corrected chi connectivity index (χ1v) is 6.52. The van der Waals surface area contributed by atoms with Gasteiger partial charge in [-0.3, -0.25) is 4.79 Å². The number of rotatable bonds is 5. The molecule has 0 bridgehead atoms. The summed E-state index contributed by atoms with van der Waals surface area (Å²) in [5, 5.41) is 3.49. The number of carbonyl (C=O) groups excluding carboxylic acids is 1. The van der Waals surface area contributed by atoms with E-state index in [1.165, 1.54) is 0 Å². The minimum absolute atomic E-state index is 0.0906. The number of nitrogens with zero attached hydrogens (tertiary/aromatic N) is 1. The van der Waals surface area contributed by atoms with E-state index in [9.17, 15) is 4.79 Å². The molecular weight excluding hydrogens is 242 g/mol. The number of likely N-dealkylation sites (N-methyl/N-ethyl adjacent to an activating group) is 1. The first kappa shape index (κ1) is 13.7. The predicted molar refractivity (Wildman–Crippen MR) is 75.3 cm³/mol. The zero-order valence-corrected chi connectivity index (χ0v) is 11.4. The molecule has 1 saturated heterocycles. The fourth-order valence-electron chi connectivity index (χ4n) is 2.36. The van der Waals surface area contributed by atoms with Gasteiger partial charge in [0.1, 0.15) is 5.75 Å². The first-order chi connectivity index (χ1) is 9.04. The maximum Gasteiger partial charge on any atom is 0.255 e. The number of hydrogen-bond donors (Lipinski definition) is 2. The van der Waals surface area contributed by atoms with Crippen LogP contribution in [-0.2, 0) is 4.79 Å². The number of amides is 1. The molecule has 1 aliphatic rings. The molecule has 2 atom stereocenters. The molecule has 0 spiro atoms. The third-order valence-electron chi connectivity index (χ3n) is 3.47. The molecule has 19 heavy (non-hydrogen) atoms. The van der Waals surface area contributed by atoms with Crippen molar-refractivity contribution >= 4 is 11.6 Å². The van der Waals surface area contributed by atoms with Crippen LogP contribution in [0.5, 0.6) is 5.75 Å². The van der Waals surface area contributed by atoms with Crippen LogP contribution in [-0.4, -0.2) is 43.1 Å². The predicted octanol–water partition coefficient (Wildman–Crippen LogP) is 1.06. The van der Waals surface area contributed by atoms with Crippen LogP contribution in [0.1, 0.15) is 13.3 Å². The number of hydrogen-bond acceptors (Lipinski definition) is 4. The molecule has 5 heteroatoms. The number of nitrogens with two attached hydrogens (primary N) is 1. The van der Waals surface area contributed by atoms with Crippen LogP contribution >= 0.6 is 0 Å². The molecule has 1 aliphatic heterocycles. The van der Waals surface area contributed by atoms with Gasteiger partial charge in [0.25, 0.3) is 5.91 Å². The molecule has 2 unspecified atom stereocenters. The number of carbonyl (C=O) groups is 1. The third kappa shape index (κ3) is 3.86. The van der Waals surface area contributed by atoms with E-state index in [1.54, 1.807) is 0 Å². The summed E-state index contributed by atoms with van der Waals surface area (Å²) >= 11 is 0. The van der Waals surface area contributed by atoms with E-state index < -0.39 is 5.91 Å². The zero-order valence-electron chi connectivity index (χ0n) is 11.4. The van der Waals surface area contributed by atoms with E-state index in [4.69, 9.17) is 10.5 Å². The molecule has 1 aromatic carbocycles. The fraction of sp³-hybridized carbons (Fsp3) is 0.500. The van der Waals surface area contributed by atoms with E-state index in [0.717, 1.165) is 18.7 Å². The van der Waals surface area contributed by atoms with Crippen molar-refractivity contribution in [3.63, 3.8) is 0 Å². The number of ether oxygens (including phenoxy) is 1. The smallest absolute Gasteiger partial charge is 0.255 e. The Hall–Kier alpha value is -1.75. The van der Waals surface area contributed by atoms with Gasteiger partial charge < -0.3 is 20.7 Å². The van der Waals surface area contributed by atoms with Crippen LogP contribution in [0.25, 0.3) is 0 Å². The minimum Gasteiger partial charge on any atom is -0.484 e. The van der Waals surface area contributed by atoms with Crippen molar-refractivity contribution in [3.05, 3.63) is 24.3 Å². The Balaban J connectivity index is 1.93. The Morgan fingerprint density at radius 2 is 2.37 bits per heavy atom. The van der Waals surface area contributed by atoms with Gasteiger partial charge in [-0.1, -0.05) is 6.07 Å². The van der Waals surface area contributed by atoms with Crippen LogP contribution in [0.3, 0.4) is 0 Å². The third-order valence-corrected chi connectivity index (χ3v) is 3.47. The quantitative estimate of drug-likeness (QED) is 0.833. The summed E-state index contributed by atoms with van der Waals surface area (Å²) in [5.41, 5.74) is 6.06. The summed E-state index contributed by atoms with van der Waals surface area (Å²) in [7, 11) is 2.14. The molecular formula is C14H21N3O2. The average molecular weight is 263 g/mol. The van der Waals surface area contributed by atoms with Gasteiger partial charge in [-0.05, 0) is 32.5 Å². The van der Waals surface area contributed by atoms with Gasteiger partial charge in [-0.2, -0.15) is 0 Å². The van der Waals surface area contributed by atoms with Gasteiger partial charge in [0, 0.05) is 30.4 Å². The molecule has 0 aromatic heterocycles. The van der Waals surface area contributed by atoms with E-state index in [1.807, 2.05) is 24.3 Å². The Morgan fingerprint density at radius 1 is 1.58 bits per heavy atom. The summed E-state index contributed by atoms with van der Waals surface area (Å²) in [6.45, 7) is 3.17. The van der Waals surface area contributed by atoms with Crippen molar-refractivity contribution in [1.29, 1.82) is 0 Å². The van der Waals surface area contributed by atoms with Gasteiger partial charge in [0.2, 0.25) is 0 Å². The highest BCUT2D eigenvalue weighted by molar-refractivity contribution is 5.75. The highest BCUT2D eigenvalue weighted by Gasteiger charge is 2.25. The largest absolute Gasteiger partial charge is 0.484 e. The maximum absolute atomic E-state index is 10.7. The van der Waals surface area contributed by atoms with Crippen LogP contribution in [0, 0.1) is 0 Å². The maximum atomic E-state index is 10.7. The van der Waals surface area contributed by atoms with E-state index >= 15 is 0 Å². The molecule has 104 valence electrons. The van der Waals surface area contributed by atoms with Crippen LogP contribution in [0.15, 0.2) is 24.3 Å². The summed E-state index contributed by atoms with van der Waals surface area (Å²) in [5.74, 6) is 0.188. The van der Waals surface area contributed by atoms with Crippen molar-refractivity contribution in [1.82, 2.24) is 4.90 Å². The summed E-state index contributed by atoms with van der Waals surface area (Å²) < 4.78 is 5.29. The first-order valence-electron chi connectivity index (χ1n) is 6.52. The summed E-state index contributed by atoms with van der Waals surface area (Å²) in [4.78, 5) is 13.0. The van der Waals surface area contributed by atoms with Gasteiger partial charge >= 0.3 is 0 Å². The molecule has 0 saturated carbocycles. The highest BCUT2D eigenvalue weighted by atomic mass is 16.5. The van der Waals surface area contributed by atoms with Gasteiger partial charge in [0.15, 0.2) is 6.61 Å². The van der Waals surface area contributed by atoms with Gasteiger partial charge in [-0.25, -0.2) is 0 Å². The molecule has 3 N–H and O–H groups in total. The fourth-order valence-corrected chi connectivity index (χ4v) is 2.36. The monoisotopic (exact) mass is 263 g/mol. The second kappa shape index (κ2) is 5.93. The topological polar surface area (TPSA) is 67.6 Å². The zero-order chi connectivity index (χ0) is 13.8. The number of primary amides is 1. The molecule has 1 fully saturated rings. The molecule has 0 radical (unpaired) electrons. The molecule has 1 aromatic rings. The molecule has 0 aliphatic carbocycles. The van der Waals surface area contributed by atoms with Crippen molar-refractivity contribution in [2.45, 2.75) is 25.4 Å². The van der Waals surface area contributed by atoms with Crippen molar-refractivity contribution < 1.29 is 9.53 Å². The van der Waals surface area contributed by atoms with Crippen molar-refractivity contribution in [2.75, 3.05) is 25.5 Å². The van der Waals surface area contributed by atoms with Crippen LogP contribution in [0.2, 0.25) is 0 Å². The Bertz CT molecular complexity index is 440. The second-order valence-corrected chi connectivity index (χ2v) is 5.15. The molecule has 2 rings (SSSR count). The van der Waals surface area contributed by atoms with E-state index in [0.29, 0.717) is 17.8 Å². The highest BCUT2D eigenvalue weighted by Crippen LogP contribution is 2.22. The van der Waals surface area contributed by atoms with Gasteiger partial charge in [0.05, 0.1) is 0 Å². The lowest BCUT2D eigenvalue weighted by molar-refractivity contribution is -0.119. The number of likely N-dealkylation sites (tertiary alicyclic amines) is 1. The number of anilines is 1. The average Bonchev–Trinajstić information content (AvgIpc) is 2.66. The molecule has 1 heterocycles. The second-order valence-electron chi connectivity index (χ2n) is 5.15. The Morgan fingerprint density at radius 3 is 3.00 bits per heavy atom. The molecule has 1 amide bonds. The number of benzene rings is 1. The molecule has 5 nitrogen and oxygen atoms in total. The van der Waals surface area contributed by atoms with Crippen molar-refractivity contribution in [3.8, 4) is 5.75 Å². The lowest BCUT2D eigenvalue weighted by Gasteiger charge is -2.15. The Labute approximate surface area is 113 Å². The minimum atomic E-state index is -0.468. The standard InChI is InChI=1S/C14H21N3O2/c1-10-6-12(8-17(10)2)16-11-4-3-5-13(7-11)19-9-14(15)18/h3-5,7,10,12,16H,6,8-9H2,1-2H3,(H2,15,18). The summed E-state index contributed by atoms with van der Waals surface area (Å²) in [6, 6.07) is 8.67. The SMILES string of the molecule is CC1CC(Nc2cccc(OCC(N)=O)c2)CN1C. The lowest BCUT2D eigenvalue weighted by atomic mass is 10.2. The van der Waals surface area contributed by atoms with Crippen LogP contribution < -0.4 is 15.8 Å². The van der Waals surface area contributed by atoms with E-state index in [2.05, 4.69) is 24.2 Å². The van der Waals surface area contributed by atoms with Crippen LogP contribution in [0.4, 0.5) is 5.69 Å². The van der Waals surface area contributed by atoms with Gasteiger partial charge in [-0.15, -0.1) is 0 Å². The van der Waals surface area contributed by atoms with Crippen molar-refractivity contribution in [2.24, 2.45) is 5.73 Å². The normalized spacial score (nSPS) is 23.3. The van der Waals surface area contributed by atoms with E-state index in [-0.39, 0.29) is 6.61 Å². The number of nitrogens with one attached hydrogen (secondary N) is 1.